The van der Waals surface area contributed by atoms with E-state index in [1.54, 1.807) is 6.20 Å². The molecule has 0 saturated heterocycles. The highest BCUT2D eigenvalue weighted by atomic mass is 127. The maximum absolute atomic E-state index is 9.96. The molecule has 0 aliphatic carbocycles. The molecular weight excluding hydrogens is 237 g/mol. The van der Waals surface area contributed by atoms with Crippen LogP contribution >= 0.6 is 33.9 Å². The number of aldehydes is 1. The molecule has 0 saturated carbocycles. The van der Waals surface area contributed by atoms with Crippen LogP contribution in [0.5, 0.6) is 0 Å². The van der Waals surface area contributed by atoms with Crippen molar-refractivity contribution in [2.24, 2.45) is 0 Å². The fraction of sp³-hybridized carbons (Fsp3) is 0. The number of nitrogens with zero attached hydrogens (tertiary/aromatic N) is 1. The third-order valence-electron chi connectivity index (χ3n) is 0.596. The van der Waals surface area contributed by atoms with Crippen molar-refractivity contribution < 1.29 is 4.79 Å². The summed E-state index contributed by atoms with van der Waals surface area (Å²) in [5, 5.41) is 0.550. The second-order valence-electron chi connectivity index (χ2n) is 1.12. The Morgan fingerprint density at radius 1 is 1.88 bits per heavy atom. The summed E-state index contributed by atoms with van der Waals surface area (Å²) in [7, 11) is 0. The van der Waals surface area contributed by atoms with E-state index in [0.29, 0.717) is 5.01 Å². The SMILES string of the molecule is O=Cc1ncc(I)s1. The average Bonchev–Trinajstić information content (AvgIpc) is 2.14. The topological polar surface area (TPSA) is 30.0 Å². The first-order valence-electron chi connectivity index (χ1n) is 1.89. The first-order valence-corrected chi connectivity index (χ1v) is 3.79. The summed E-state index contributed by atoms with van der Waals surface area (Å²) in [5.74, 6) is 0. The van der Waals surface area contributed by atoms with Crippen molar-refractivity contribution in [1.82, 2.24) is 4.98 Å². The molecule has 0 atom stereocenters. The summed E-state index contributed by atoms with van der Waals surface area (Å²) >= 11 is 3.52. The number of aromatic nitrogens is 1. The van der Waals surface area contributed by atoms with Crippen molar-refractivity contribution in [3.63, 3.8) is 0 Å². The van der Waals surface area contributed by atoms with E-state index in [4.69, 9.17) is 0 Å². The molecule has 0 spiro atoms. The maximum atomic E-state index is 9.96. The van der Waals surface area contributed by atoms with Gasteiger partial charge < -0.3 is 0 Å². The summed E-state index contributed by atoms with van der Waals surface area (Å²) < 4.78 is 1.05. The zero-order valence-electron chi connectivity index (χ0n) is 3.80. The second kappa shape index (κ2) is 2.54. The van der Waals surface area contributed by atoms with Gasteiger partial charge in [0.25, 0.3) is 0 Å². The van der Waals surface area contributed by atoms with Crippen LogP contribution in [-0.4, -0.2) is 11.3 Å². The zero-order valence-corrected chi connectivity index (χ0v) is 6.77. The lowest BCUT2D eigenvalue weighted by atomic mass is 10.8. The molecule has 8 heavy (non-hydrogen) atoms. The highest BCUT2D eigenvalue weighted by Gasteiger charge is 1.93. The van der Waals surface area contributed by atoms with E-state index in [-0.39, 0.29) is 0 Å². The number of rotatable bonds is 1. The van der Waals surface area contributed by atoms with Gasteiger partial charge in [-0.05, 0) is 22.6 Å². The molecule has 42 valence electrons. The van der Waals surface area contributed by atoms with Gasteiger partial charge in [0.05, 0.1) is 9.08 Å². The van der Waals surface area contributed by atoms with E-state index in [2.05, 4.69) is 27.6 Å². The fourth-order valence-electron chi connectivity index (χ4n) is 0.321. The Morgan fingerprint density at radius 2 is 2.62 bits per heavy atom. The summed E-state index contributed by atoms with van der Waals surface area (Å²) in [6, 6.07) is 0. The molecule has 2 nitrogen and oxygen atoms in total. The third kappa shape index (κ3) is 1.25. The number of hydrogen-bond acceptors (Lipinski definition) is 3. The molecule has 1 aromatic rings. The first kappa shape index (κ1) is 6.15. The molecule has 0 bridgehead atoms. The number of hydrogen-bond donors (Lipinski definition) is 0. The molecule has 4 heteroatoms. The third-order valence-corrected chi connectivity index (χ3v) is 2.25. The van der Waals surface area contributed by atoms with Crippen LogP contribution in [0, 0.1) is 2.88 Å². The lowest BCUT2D eigenvalue weighted by Crippen LogP contribution is -1.69. The van der Waals surface area contributed by atoms with Gasteiger partial charge in [0.15, 0.2) is 11.3 Å². The predicted octanol–water partition coefficient (Wildman–Crippen LogP) is 1.56. The Bertz CT molecular complexity index is 198. The van der Waals surface area contributed by atoms with Crippen LogP contribution in [0.1, 0.15) is 9.80 Å². The first-order chi connectivity index (χ1) is 3.83. The Hall–Kier alpha value is 0.0300. The van der Waals surface area contributed by atoms with Crippen LogP contribution in [0.3, 0.4) is 0 Å². The van der Waals surface area contributed by atoms with Crippen LogP contribution in [0.25, 0.3) is 0 Å². The highest BCUT2D eigenvalue weighted by molar-refractivity contribution is 14.1. The van der Waals surface area contributed by atoms with Crippen molar-refractivity contribution >= 4 is 40.2 Å². The molecule has 0 amide bonds. The van der Waals surface area contributed by atoms with Crippen LogP contribution in [-0.2, 0) is 0 Å². The summed E-state index contributed by atoms with van der Waals surface area (Å²) in [6.45, 7) is 0. The van der Waals surface area contributed by atoms with Gasteiger partial charge in [-0.1, -0.05) is 0 Å². The Kier molecular flexibility index (Phi) is 1.95. The van der Waals surface area contributed by atoms with Crippen molar-refractivity contribution in [3.8, 4) is 0 Å². The van der Waals surface area contributed by atoms with Gasteiger partial charge in [0.2, 0.25) is 0 Å². The molecule has 0 aliphatic heterocycles. The van der Waals surface area contributed by atoms with Crippen LogP contribution < -0.4 is 0 Å². The van der Waals surface area contributed by atoms with Gasteiger partial charge in [-0.3, -0.25) is 4.79 Å². The van der Waals surface area contributed by atoms with Gasteiger partial charge in [-0.2, -0.15) is 0 Å². The van der Waals surface area contributed by atoms with Gasteiger partial charge in [0.1, 0.15) is 0 Å². The molecule has 0 aliphatic rings. The standard InChI is InChI=1S/C4H2INOS/c5-3-1-6-4(2-7)8-3/h1-2H. The molecule has 0 N–H and O–H groups in total. The number of carbonyl (C=O) groups excluding carboxylic acids is 1. The largest absolute Gasteiger partial charge is 0.295 e. The van der Waals surface area contributed by atoms with Gasteiger partial charge in [-0.15, -0.1) is 11.3 Å². The van der Waals surface area contributed by atoms with Crippen LogP contribution in [0.2, 0.25) is 0 Å². The predicted molar refractivity (Wildman–Crippen MR) is 40.2 cm³/mol. The maximum Gasteiger partial charge on any atom is 0.178 e. The Labute approximate surface area is 64.1 Å². The van der Waals surface area contributed by atoms with E-state index in [0.717, 1.165) is 9.17 Å². The smallest absolute Gasteiger partial charge is 0.178 e. The summed E-state index contributed by atoms with van der Waals surface area (Å²) in [6.07, 6.45) is 2.43. The second-order valence-corrected chi connectivity index (χ2v) is 4.08. The number of thiazole rings is 1. The molecular formula is C4H2INOS. The van der Waals surface area contributed by atoms with Crippen molar-refractivity contribution in [3.05, 3.63) is 14.1 Å². The number of carbonyl (C=O) groups is 1. The lowest BCUT2D eigenvalue weighted by Gasteiger charge is -1.67. The highest BCUT2D eigenvalue weighted by Crippen LogP contribution is 2.12. The van der Waals surface area contributed by atoms with Crippen LogP contribution in [0.15, 0.2) is 6.20 Å². The minimum atomic E-state index is 0.550. The van der Waals surface area contributed by atoms with E-state index < -0.39 is 0 Å². The van der Waals surface area contributed by atoms with Crippen LogP contribution in [0.4, 0.5) is 0 Å². The summed E-state index contributed by atoms with van der Waals surface area (Å²) in [4.78, 5) is 13.7. The van der Waals surface area contributed by atoms with Gasteiger partial charge in [0, 0.05) is 0 Å². The molecule has 1 heterocycles. The van der Waals surface area contributed by atoms with Gasteiger partial charge >= 0.3 is 0 Å². The lowest BCUT2D eigenvalue weighted by molar-refractivity contribution is 0.112. The average molecular weight is 239 g/mol. The van der Waals surface area contributed by atoms with E-state index in [1.165, 1.54) is 11.3 Å². The molecule has 1 aromatic heterocycles. The Morgan fingerprint density at radius 3 is 2.88 bits per heavy atom. The van der Waals surface area contributed by atoms with Gasteiger partial charge in [-0.25, -0.2) is 4.98 Å². The molecule has 1 rings (SSSR count). The van der Waals surface area contributed by atoms with E-state index >= 15 is 0 Å². The minimum absolute atomic E-state index is 0.550. The normalized spacial score (nSPS) is 9.12. The molecule has 0 aromatic carbocycles. The molecule has 0 fully saturated rings. The Balaban J connectivity index is 3.00. The van der Waals surface area contributed by atoms with E-state index in [1.807, 2.05) is 0 Å². The van der Waals surface area contributed by atoms with E-state index in [9.17, 15) is 4.79 Å². The summed E-state index contributed by atoms with van der Waals surface area (Å²) in [5.41, 5.74) is 0. The zero-order chi connectivity index (χ0) is 5.98. The molecule has 0 radical (unpaired) electrons. The fourth-order valence-corrected chi connectivity index (χ4v) is 1.60. The quantitative estimate of drug-likeness (QED) is 0.549. The van der Waals surface area contributed by atoms with Crippen molar-refractivity contribution in [1.29, 1.82) is 0 Å². The monoisotopic (exact) mass is 239 g/mol. The van der Waals surface area contributed by atoms with Crippen molar-refractivity contribution in [2.75, 3.05) is 0 Å². The number of halogens is 1. The minimum Gasteiger partial charge on any atom is -0.295 e. The van der Waals surface area contributed by atoms with Crippen molar-refractivity contribution in [2.45, 2.75) is 0 Å². The molecule has 0 unspecified atom stereocenters.